The summed E-state index contributed by atoms with van der Waals surface area (Å²) < 4.78 is 7.57. The molecule has 114 valence electrons. The Morgan fingerprint density at radius 2 is 2.09 bits per heavy atom. The standard InChI is InChI=1S/C17H20N4O/c1-11-8-14-17(19-10-11)21(12(2)9-18)16(20-14)13-6-4-5-7-15(13)22-3/h4-8,10,12H,9,18H2,1-3H3. The molecule has 0 aliphatic heterocycles. The summed E-state index contributed by atoms with van der Waals surface area (Å²) in [6, 6.07) is 10.0. The lowest BCUT2D eigenvalue weighted by atomic mass is 10.1. The Kier molecular flexibility index (Phi) is 3.81. The summed E-state index contributed by atoms with van der Waals surface area (Å²) in [5.74, 6) is 1.63. The van der Waals surface area contributed by atoms with Gasteiger partial charge in [-0.15, -0.1) is 0 Å². The number of ether oxygens (including phenoxy) is 1. The molecular weight excluding hydrogens is 276 g/mol. The molecule has 1 unspecified atom stereocenters. The van der Waals surface area contributed by atoms with Crippen LogP contribution in [0.1, 0.15) is 18.5 Å². The van der Waals surface area contributed by atoms with Gasteiger partial charge in [-0.05, 0) is 37.6 Å². The van der Waals surface area contributed by atoms with Gasteiger partial charge in [-0.25, -0.2) is 9.97 Å². The molecule has 3 aromatic rings. The highest BCUT2D eigenvalue weighted by Gasteiger charge is 2.19. The molecule has 1 aromatic carbocycles. The third-order valence-corrected chi connectivity index (χ3v) is 3.80. The number of imidazole rings is 1. The van der Waals surface area contributed by atoms with Crippen LogP contribution in [0.25, 0.3) is 22.6 Å². The number of fused-ring (bicyclic) bond motifs is 1. The molecule has 5 heteroatoms. The molecule has 2 aromatic heterocycles. The molecule has 0 saturated carbocycles. The fourth-order valence-corrected chi connectivity index (χ4v) is 2.63. The second-order valence-corrected chi connectivity index (χ2v) is 5.45. The average Bonchev–Trinajstić information content (AvgIpc) is 2.92. The first-order valence-electron chi connectivity index (χ1n) is 7.33. The first kappa shape index (κ1) is 14.5. The van der Waals surface area contributed by atoms with E-state index in [1.165, 1.54) is 0 Å². The SMILES string of the molecule is COc1ccccc1-c1nc2cc(C)cnc2n1C(C)CN. The van der Waals surface area contributed by atoms with Crippen LogP contribution < -0.4 is 10.5 Å². The van der Waals surface area contributed by atoms with Gasteiger partial charge < -0.3 is 15.0 Å². The molecule has 0 aliphatic rings. The highest BCUT2D eigenvalue weighted by Crippen LogP contribution is 2.33. The van der Waals surface area contributed by atoms with Crippen LogP contribution in [-0.2, 0) is 0 Å². The first-order valence-corrected chi connectivity index (χ1v) is 7.33. The number of hydrogen-bond donors (Lipinski definition) is 1. The second kappa shape index (κ2) is 5.77. The minimum Gasteiger partial charge on any atom is -0.496 e. The zero-order valence-corrected chi connectivity index (χ0v) is 13.1. The van der Waals surface area contributed by atoms with Crippen LogP contribution in [0.15, 0.2) is 36.5 Å². The Bertz CT molecular complexity index is 810. The lowest BCUT2D eigenvalue weighted by molar-refractivity contribution is 0.415. The maximum atomic E-state index is 5.89. The number of methoxy groups -OCH3 is 1. The van der Waals surface area contributed by atoms with Crippen molar-refractivity contribution in [2.24, 2.45) is 5.73 Å². The molecule has 0 amide bonds. The zero-order valence-electron chi connectivity index (χ0n) is 13.1. The van der Waals surface area contributed by atoms with Crippen molar-refractivity contribution in [2.45, 2.75) is 19.9 Å². The predicted octanol–water partition coefficient (Wildman–Crippen LogP) is 2.94. The molecule has 0 bridgehead atoms. The van der Waals surface area contributed by atoms with E-state index in [1.807, 2.05) is 43.5 Å². The molecule has 2 heterocycles. The summed E-state index contributed by atoms with van der Waals surface area (Å²) >= 11 is 0. The van der Waals surface area contributed by atoms with E-state index in [-0.39, 0.29) is 6.04 Å². The van der Waals surface area contributed by atoms with Gasteiger partial charge in [0.05, 0.1) is 12.7 Å². The Balaban J connectivity index is 2.32. The number of aromatic nitrogens is 3. The molecule has 3 rings (SSSR count). The largest absolute Gasteiger partial charge is 0.496 e. The fraction of sp³-hybridized carbons (Fsp3) is 0.294. The van der Waals surface area contributed by atoms with Crippen molar-refractivity contribution >= 4 is 11.2 Å². The van der Waals surface area contributed by atoms with E-state index in [0.717, 1.165) is 33.9 Å². The van der Waals surface area contributed by atoms with Crippen molar-refractivity contribution in [1.29, 1.82) is 0 Å². The van der Waals surface area contributed by atoms with Crippen molar-refractivity contribution in [3.63, 3.8) is 0 Å². The van der Waals surface area contributed by atoms with Crippen molar-refractivity contribution in [3.8, 4) is 17.1 Å². The monoisotopic (exact) mass is 296 g/mol. The normalized spacial score (nSPS) is 12.5. The molecule has 1 atom stereocenters. The van der Waals surface area contributed by atoms with Crippen molar-refractivity contribution < 1.29 is 4.74 Å². The third-order valence-electron chi connectivity index (χ3n) is 3.80. The molecule has 0 radical (unpaired) electrons. The lowest BCUT2D eigenvalue weighted by Crippen LogP contribution is -2.17. The van der Waals surface area contributed by atoms with Gasteiger partial charge in [0.15, 0.2) is 5.65 Å². The van der Waals surface area contributed by atoms with Gasteiger partial charge in [0.1, 0.15) is 17.1 Å². The molecule has 0 spiro atoms. The Morgan fingerprint density at radius 3 is 2.82 bits per heavy atom. The molecule has 22 heavy (non-hydrogen) atoms. The van der Waals surface area contributed by atoms with E-state index in [1.54, 1.807) is 7.11 Å². The second-order valence-electron chi connectivity index (χ2n) is 5.45. The van der Waals surface area contributed by atoms with Crippen molar-refractivity contribution in [3.05, 3.63) is 42.1 Å². The van der Waals surface area contributed by atoms with Gasteiger partial charge >= 0.3 is 0 Å². The third kappa shape index (κ3) is 2.33. The molecule has 0 fully saturated rings. The number of benzene rings is 1. The average molecular weight is 296 g/mol. The summed E-state index contributed by atoms with van der Waals surface area (Å²) in [5, 5.41) is 0. The van der Waals surface area contributed by atoms with Gasteiger partial charge in [-0.3, -0.25) is 0 Å². The first-order chi connectivity index (χ1) is 10.7. The highest BCUT2D eigenvalue weighted by atomic mass is 16.5. The van der Waals surface area contributed by atoms with Crippen molar-refractivity contribution in [2.75, 3.05) is 13.7 Å². The minimum absolute atomic E-state index is 0.0973. The van der Waals surface area contributed by atoms with Crippen LogP contribution in [0, 0.1) is 6.92 Å². The number of rotatable bonds is 4. The maximum Gasteiger partial charge on any atom is 0.160 e. The number of nitrogens with zero attached hydrogens (tertiary/aromatic N) is 3. The molecule has 0 aliphatic carbocycles. The molecule has 0 saturated heterocycles. The maximum absolute atomic E-state index is 5.89. The summed E-state index contributed by atoms with van der Waals surface area (Å²) in [6.07, 6.45) is 1.86. The van der Waals surface area contributed by atoms with E-state index in [0.29, 0.717) is 6.54 Å². The van der Waals surface area contributed by atoms with E-state index in [4.69, 9.17) is 15.5 Å². The van der Waals surface area contributed by atoms with E-state index in [9.17, 15) is 0 Å². The lowest BCUT2D eigenvalue weighted by Gasteiger charge is -2.16. The van der Waals surface area contributed by atoms with Gasteiger partial charge in [0.2, 0.25) is 0 Å². The van der Waals surface area contributed by atoms with Crippen molar-refractivity contribution in [1.82, 2.24) is 14.5 Å². The van der Waals surface area contributed by atoms with Gasteiger partial charge in [0.25, 0.3) is 0 Å². The Morgan fingerprint density at radius 1 is 1.32 bits per heavy atom. The topological polar surface area (TPSA) is 66.0 Å². The summed E-state index contributed by atoms with van der Waals surface area (Å²) in [4.78, 5) is 9.34. The van der Waals surface area contributed by atoms with E-state index in [2.05, 4.69) is 16.5 Å². The molecule has 2 N–H and O–H groups in total. The predicted molar refractivity (Wildman–Crippen MR) is 88.0 cm³/mol. The number of pyridine rings is 1. The number of para-hydroxylation sites is 1. The van der Waals surface area contributed by atoms with Gasteiger partial charge in [-0.2, -0.15) is 0 Å². The molecular formula is C17H20N4O. The Labute approximate surface area is 129 Å². The highest BCUT2D eigenvalue weighted by molar-refractivity contribution is 5.79. The molecule has 5 nitrogen and oxygen atoms in total. The fourth-order valence-electron chi connectivity index (χ4n) is 2.63. The van der Waals surface area contributed by atoms with Crippen LogP contribution >= 0.6 is 0 Å². The summed E-state index contributed by atoms with van der Waals surface area (Å²) in [5.41, 5.74) is 9.65. The van der Waals surface area contributed by atoms with Crippen LogP contribution in [0.5, 0.6) is 5.75 Å². The summed E-state index contributed by atoms with van der Waals surface area (Å²) in [7, 11) is 1.67. The Hall–Kier alpha value is -2.40. The van der Waals surface area contributed by atoms with E-state index < -0.39 is 0 Å². The van der Waals surface area contributed by atoms with Crippen LogP contribution in [-0.4, -0.2) is 28.2 Å². The van der Waals surface area contributed by atoms with E-state index >= 15 is 0 Å². The van der Waals surface area contributed by atoms with Gasteiger partial charge in [-0.1, -0.05) is 12.1 Å². The quantitative estimate of drug-likeness (QED) is 0.804. The van der Waals surface area contributed by atoms with Gasteiger partial charge in [0, 0.05) is 18.8 Å². The smallest absolute Gasteiger partial charge is 0.160 e. The van der Waals surface area contributed by atoms with Crippen LogP contribution in [0.2, 0.25) is 0 Å². The zero-order chi connectivity index (χ0) is 15.7. The van der Waals surface area contributed by atoms with Crippen LogP contribution in [0.3, 0.4) is 0 Å². The minimum atomic E-state index is 0.0973. The van der Waals surface area contributed by atoms with Crippen LogP contribution in [0.4, 0.5) is 0 Å². The number of aryl methyl sites for hydroxylation is 1. The summed E-state index contributed by atoms with van der Waals surface area (Å²) in [6.45, 7) is 4.60. The number of nitrogens with two attached hydrogens (primary N) is 1. The number of hydrogen-bond acceptors (Lipinski definition) is 4.